The summed E-state index contributed by atoms with van der Waals surface area (Å²) in [6, 6.07) is 4.12. The molecule has 7 heteroatoms. The van der Waals surface area contributed by atoms with Gasteiger partial charge in [-0.2, -0.15) is 13.2 Å². The van der Waals surface area contributed by atoms with Crippen LogP contribution in [0.1, 0.15) is 16.8 Å². The average molecular weight is 270 g/mol. The highest BCUT2D eigenvalue weighted by atomic mass is 19.4. The van der Waals surface area contributed by atoms with E-state index < -0.39 is 11.7 Å². The maximum absolute atomic E-state index is 12.9. The van der Waals surface area contributed by atoms with Gasteiger partial charge >= 0.3 is 6.18 Å². The number of hydrogen-bond acceptors (Lipinski definition) is 3. The number of alkyl halides is 3. The van der Waals surface area contributed by atoms with Gasteiger partial charge in [0.2, 0.25) is 0 Å². The molecule has 0 bridgehead atoms. The molecule has 4 nitrogen and oxygen atoms in total. The molecule has 0 aliphatic carbocycles. The van der Waals surface area contributed by atoms with Crippen molar-refractivity contribution in [2.24, 2.45) is 0 Å². The minimum absolute atomic E-state index is 0.187. The maximum atomic E-state index is 12.9. The summed E-state index contributed by atoms with van der Waals surface area (Å²) >= 11 is 0. The van der Waals surface area contributed by atoms with Crippen molar-refractivity contribution in [2.45, 2.75) is 19.6 Å². The predicted octanol–water partition coefficient (Wildman–Crippen LogP) is 2.31. The number of benzene rings is 1. The second-order valence-electron chi connectivity index (χ2n) is 4.16. The second kappa shape index (κ2) is 5.00. The zero-order valence-corrected chi connectivity index (χ0v) is 10.5. The molecule has 1 aromatic heterocycles. The topological polar surface area (TPSA) is 42.7 Å². The molecular formula is C12H13F3N4. The van der Waals surface area contributed by atoms with Crippen molar-refractivity contribution < 1.29 is 13.2 Å². The van der Waals surface area contributed by atoms with Gasteiger partial charge in [-0.1, -0.05) is 11.3 Å². The van der Waals surface area contributed by atoms with Crippen LogP contribution in [0.2, 0.25) is 0 Å². The highest BCUT2D eigenvalue weighted by Gasteiger charge is 2.32. The lowest BCUT2D eigenvalue weighted by molar-refractivity contribution is -0.138. The Balaban J connectivity index is 2.49. The number of rotatable bonds is 3. The second-order valence-corrected chi connectivity index (χ2v) is 4.16. The van der Waals surface area contributed by atoms with Crippen LogP contribution in [0.4, 0.5) is 13.2 Å². The highest BCUT2D eigenvalue weighted by molar-refractivity contribution is 5.41. The molecule has 0 radical (unpaired) electrons. The summed E-state index contributed by atoms with van der Waals surface area (Å²) in [6.07, 6.45) is -2.85. The first-order valence-electron chi connectivity index (χ1n) is 5.66. The lowest BCUT2D eigenvalue weighted by Crippen LogP contribution is -2.13. The lowest BCUT2D eigenvalue weighted by Gasteiger charge is -2.13. The van der Waals surface area contributed by atoms with Crippen LogP contribution in [0.25, 0.3) is 5.69 Å². The molecule has 2 aromatic rings. The molecule has 0 fully saturated rings. The van der Waals surface area contributed by atoms with Crippen molar-refractivity contribution in [3.63, 3.8) is 0 Å². The first-order chi connectivity index (χ1) is 8.93. The van der Waals surface area contributed by atoms with Gasteiger partial charge in [0.1, 0.15) is 0 Å². The van der Waals surface area contributed by atoms with E-state index in [4.69, 9.17) is 0 Å². The van der Waals surface area contributed by atoms with Crippen LogP contribution in [-0.2, 0) is 12.7 Å². The van der Waals surface area contributed by atoms with Crippen molar-refractivity contribution in [3.8, 4) is 5.69 Å². The summed E-state index contributed by atoms with van der Waals surface area (Å²) in [6.45, 7) is 1.91. The fraction of sp³-hybridized carbons (Fsp3) is 0.333. The van der Waals surface area contributed by atoms with E-state index in [1.54, 1.807) is 13.1 Å². The Morgan fingerprint density at radius 1 is 1.32 bits per heavy atom. The standard InChI is InChI=1S/C12H13F3N4/c1-8-3-4-9(5-11(8)12(13,14)15)19-10(6-16-2)7-17-18-19/h3-5,7,16H,6H2,1-2H3. The molecule has 0 amide bonds. The van der Waals surface area contributed by atoms with Gasteiger partial charge in [0.25, 0.3) is 0 Å². The largest absolute Gasteiger partial charge is 0.416 e. The number of aromatic nitrogens is 3. The van der Waals surface area contributed by atoms with Crippen LogP contribution in [-0.4, -0.2) is 22.0 Å². The molecule has 2 rings (SSSR count). The first kappa shape index (κ1) is 13.5. The molecule has 19 heavy (non-hydrogen) atoms. The SMILES string of the molecule is CNCc1cnnn1-c1ccc(C)c(C(F)(F)F)c1. The number of nitrogens with one attached hydrogen (secondary N) is 1. The lowest BCUT2D eigenvalue weighted by atomic mass is 10.1. The summed E-state index contributed by atoms with van der Waals surface area (Å²) in [5.74, 6) is 0. The maximum Gasteiger partial charge on any atom is 0.416 e. The molecule has 0 spiro atoms. The summed E-state index contributed by atoms with van der Waals surface area (Å²) in [5.41, 5.74) is 0.572. The Morgan fingerprint density at radius 2 is 2.05 bits per heavy atom. The molecule has 0 aliphatic heterocycles. The van der Waals surface area contributed by atoms with E-state index in [0.29, 0.717) is 17.9 Å². The normalized spacial score (nSPS) is 11.8. The van der Waals surface area contributed by atoms with Crippen LogP contribution >= 0.6 is 0 Å². The molecule has 0 unspecified atom stereocenters. The van der Waals surface area contributed by atoms with E-state index >= 15 is 0 Å². The highest BCUT2D eigenvalue weighted by Crippen LogP contribution is 2.33. The predicted molar refractivity (Wildman–Crippen MR) is 63.9 cm³/mol. The van der Waals surface area contributed by atoms with Gasteiger partial charge in [-0.3, -0.25) is 0 Å². The van der Waals surface area contributed by atoms with Crippen molar-refractivity contribution in [1.82, 2.24) is 20.3 Å². The van der Waals surface area contributed by atoms with Gasteiger partial charge in [-0.05, 0) is 31.7 Å². The summed E-state index contributed by atoms with van der Waals surface area (Å²) < 4.78 is 40.0. The summed E-state index contributed by atoms with van der Waals surface area (Å²) in [5, 5.41) is 10.5. The van der Waals surface area contributed by atoms with E-state index in [2.05, 4.69) is 15.6 Å². The number of hydrogen-bond donors (Lipinski definition) is 1. The van der Waals surface area contributed by atoms with Crippen molar-refractivity contribution in [3.05, 3.63) is 41.2 Å². The molecular weight excluding hydrogens is 257 g/mol. The smallest absolute Gasteiger partial charge is 0.314 e. The number of halogens is 3. The van der Waals surface area contributed by atoms with Crippen LogP contribution in [0, 0.1) is 6.92 Å². The Labute approximate surface area is 108 Å². The monoisotopic (exact) mass is 270 g/mol. The Hall–Kier alpha value is -1.89. The molecule has 1 heterocycles. The minimum atomic E-state index is -4.37. The van der Waals surface area contributed by atoms with Gasteiger partial charge in [0, 0.05) is 6.54 Å². The van der Waals surface area contributed by atoms with E-state index in [-0.39, 0.29) is 5.56 Å². The Morgan fingerprint density at radius 3 is 2.68 bits per heavy atom. The summed E-state index contributed by atoms with van der Waals surface area (Å²) in [7, 11) is 1.74. The van der Waals surface area contributed by atoms with E-state index in [9.17, 15) is 13.2 Å². The third-order valence-corrected chi connectivity index (χ3v) is 2.75. The van der Waals surface area contributed by atoms with E-state index in [1.807, 2.05) is 0 Å². The zero-order chi connectivity index (χ0) is 14.0. The molecule has 0 aliphatic rings. The molecule has 1 aromatic carbocycles. The fourth-order valence-electron chi connectivity index (χ4n) is 1.82. The first-order valence-corrected chi connectivity index (χ1v) is 5.66. The van der Waals surface area contributed by atoms with Crippen molar-refractivity contribution in [2.75, 3.05) is 7.05 Å². The molecule has 0 atom stereocenters. The van der Waals surface area contributed by atoms with Gasteiger partial charge in [0.15, 0.2) is 0 Å². The Bertz CT molecular complexity index is 575. The van der Waals surface area contributed by atoms with Gasteiger partial charge in [-0.25, -0.2) is 4.68 Å². The van der Waals surface area contributed by atoms with Crippen LogP contribution in [0.3, 0.4) is 0 Å². The number of nitrogens with zero attached hydrogens (tertiary/aromatic N) is 3. The van der Waals surface area contributed by atoms with Crippen molar-refractivity contribution >= 4 is 0 Å². The third-order valence-electron chi connectivity index (χ3n) is 2.75. The fourth-order valence-corrected chi connectivity index (χ4v) is 1.82. The number of aryl methyl sites for hydroxylation is 1. The van der Waals surface area contributed by atoms with Crippen LogP contribution < -0.4 is 5.32 Å². The molecule has 102 valence electrons. The molecule has 0 saturated heterocycles. The quantitative estimate of drug-likeness (QED) is 0.930. The van der Waals surface area contributed by atoms with Gasteiger partial charge in [-0.15, -0.1) is 5.10 Å². The zero-order valence-electron chi connectivity index (χ0n) is 10.5. The molecule has 1 N–H and O–H groups in total. The molecule has 0 saturated carbocycles. The van der Waals surface area contributed by atoms with Crippen LogP contribution in [0.15, 0.2) is 24.4 Å². The van der Waals surface area contributed by atoms with Crippen LogP contribution in [0.5, 0.6) is 0 Å². The third kappa shape index (κ3) is 2.76. The van der Waals surface area contributed by atoms with E-state index in [0.717, 1.165) is 6.07 Å². The van der Waals surface area contributed by atoms with Crippen molar-refractivity contribution in [1.29, 1.82) is 0 Å². The average Bonchev–Trinajstić information content (AvgIpc) is 2.77. The Kier molecular flexibility index (Phi) is 3.57. The van der Waals surface area contributed by atoms with Gasteiger partial charge in [0.05, 0.1) is 23.1 Å². The summed E-state index contributed by atoms with van der Waals surface area (Å²) in [4.78, 5) is 0. The van der Waals surface area contributed by atoms with E-state index in [1.165, 1.54) is 23.9 Å². The minimum Gasteiger partial charge on any atom is -0.314 e. The van der Waals surface area contributed by atoms with Gasteiger partial charge < -0.3 is 5.32 Å².